The summed E-state index contributed by atoms with van der Waals surface area (Å²) in [5.74, 6) is -1.66. The van der Waals surface area contributed by atoms with Gasteiger partial charge in [0.05, 0.1) is 17.0 Å². The van der Waals surface area contributed by atoms with Crippen LogP contribution < -0.4 is 17.0 Å². The number of carboxylic acid groups (broad SMARTS) is 2. The van der Waals surface area contributed by atoms with Gasteiger partial charge in [0.2, 0.25) is 0 Å². The second-order valence-electron chi connectivity index (χ2n) is 7.98. The normalized spacial score (nSPS) is 14.7. The van der Waals surface area contributed by atoms with Gasteiger partial charge < -0.3 is 25.4 Å². The quantitative estimate of drug-likeness (QED) is 0.314. The van der Waals surface area contributed by atoms with Crippen LogP contribution >= 0.6 is 0 Å². The topological polar surface area (TPSA) is 184 Å². The van der Waals surface area contributed by atoms with Gasteiger partial charge >= 0.3 is 11.7 Å². The standard InChI is InChI=1S/C19H22N6O4.C2H4O2/c1-10-8-13-14(9-12(10)20)25(16-15(21-13)17(26)23-19(29)22-16)7-6-24-4-2-11(3-5-24)18(27)28;1-2(3)4/h8-9,11H,2-7,20H2,1H3,(H,27,28)(H,23,26,29);1H3,(H,3,4). The fourth-order valence-electron chi connectivity index (χ4n) is 3.83. The van der Waals surface area contributed by atoms with E-state index in [1.165, 1.54) is 0 Å². The predicted molar refractivity (Wildman–Crippen MR) is 120 cm³/mol. The predicted octanol–water partition coefficient (Wildman–Crippen LogP) is 0.363. The monoisotopic (exact) mass is 458 g/mol. The Morgan fingerprint density at radius 1 is 1.15 bits per heavy atom. The number of aromatic nitrogens is 4. The molecule has 3 aliphatic heterocycles. The number of nitrogens with one attached hydrogen (secondary N) is 1. The molecule has 0 aliphatic carbocycles. The molecule has 0 unspecified atom stereocenters. The fraction of sp³-hybridized carbons (Fsp3) is 0.429. The Morgan fingerprint density at radius 3 is 2.39 bits per heavy atom. The number of fused-ring (bicyclic) bond motifs is 2. The first-order chi connectivity index (χ1) is 15.6. The van der Waals surface area contributed by atoms with E-state index >= 15 is 0 Å². The minimum atomic E-state index is -0.833. The van der Waals surface area contributed by atoms with Crippen molar-refractivity contribution in [1.82, 2.24) is 24.4 Å². The number of nitrogens with two attached hydrogens (primary N) is 1. The van der Waals surface area contributed by atoms with Crippen LogP contribution in [0.2, 0.25) is 0 Å². The van der Waals surface area contributed by atoms with Crippen LogP contribution in [-0.2, 0) is 16.1 Å². The lowest BCUT2D eigenvalue weighted by molar-refractivity contribution is -0.143. The fourth-order valence-corrected chi connectivity index (χ4v) is 3.83. The van der Waals surface area contributed by atoms with E-state index in [1.807, 2.05) is 13.0 Å². The van der Waals surface area contributed by atoms with E-state index < -0.39 is 23.2 Å². The molecule has 0 spiro atoms. The third-order valence-electron chi connectivity index (χ3n) is 5.57. The maximum Gasteiger partial charge on any atom is 0.349 e. The number of H-pyrrole nitrogens is 1. The largest absolute Gasteiger partial charge is 0.481 e. The molecule has 1 saturated heterocycles. The summed E-state index contributed by atoms with van der Waals surface area (Å²) in [6.45, 7) is 5.40. The summed E-state index contributed by atoms with van der Waals surface area (Å²) < 4.78 is 1.80. The second-order valence-corrected chi connectivity index (χ2v) is 7.98. The summed E-state index contributed by atoms with van der Waals surface area (Å²) in [4.78, 5) is 57.0. The van der Waals surface area contributed by atoms with E-state index in [2.05, 4.69) is 19.9 Å². The molecular formula is C21H26N6O6. The molecule has 1 aromatic carbocycles. The number of aromatic amines is 1. The van der Waals surface area contributed by atoms with Crippen molar-refractivity contribution in [3.8, 4) is 11.5 Å². The molecule has 0 radical (unpaired) electrons. The Bertz CT molecular complexity index is 1270. The van der Waals surface area contributed by atoms with Gasteiger partial charge in [-0.25, -0.2) is 9.78 Å². The van der Waals surface area contributed by atoms with Gasteiger partial charge in [-0.05, 0) is 50.6 Å². The number of piperidine rings is 1. The maximum atomic E-state index is 12.3. The first-order valence-electron chi connectivity index (χ1n) is 10.4. The van der Waals surface area contributed by atoms with E-state index in [4.69, 9.17) is 20.7 Å². The van der Waals surface area contributed by atoms with Crippen molar-refractivity contribution >= 4 is 28.7 Å². The summed E-state index contributed by atoms with van der Waals surface area (Å²) >= 11 is 0. The van der Waals surface area contributed by atoms with Crippen molar-refractivity contribution in [3.05, 3.63) is 38.5 Å². The highest BCUT2D eigenvalue weighted by atomic mass is 16.4. The summed E-state index contributed by atoms with van der Waals surface area (Å²) in [6, 6.07) is 3.59. The number of carboxylic acids is 2. The summed E-state index contributed by atoms with van der Waals surface area (Å²) in [5.41, 5.74) is 7.61. The molecule has 1 aromatic rings. The van der Waals surface area contributed by atoms with E-state index in [9.17, 15) is 14.4 Å². The van der Waals surface area contributed by atoms with Crippen LogP contribution in [0.4, 0.5) is 5.69 Å². The highest BCUT2D eigenvalue weighted by Gasteiger charge is 2.25. The van der Waals surface area contributed by atoms with E-state index in [1.54, 1.807) is 10.6 Å². The van der Waals surface area contributed by atoms with Crippen molar-refractivity contribution < 1.29 is 19.8 Å². The van der Waals surface area contributed by atoms with Crippen LogP contribution in [0.1, 0.15) is 25.3 Å². The molecule has 3 aliphatic rings. The molecule has 4 rings (SSSR count). The molecule has 0 bridgehead atoms. The van der Waals surface area contributed by atoms with Gasteiger partial charge in [0, 0.05) is 25.7 Å². The second kappa shape index (κ2) is 9.77. The third-order valence-corrected chi connectivity index (χ3v) is 5.57. The summed E-state index contributed by atoms with van der Waals surface area (Å²) in [7, 11) is 0. The molecule has 5 N–H and O–H groups in total. The van der Waals surface area contributed by atoms with Gasteiger partial charge in [-0.1, -0.05) is 0 Å². The maximum absolute atomic E-state index is 12.3. The Kier molecular flexibility index (Phi) is 7.07. The number of hydrogen-bond donors (Lipinski definition) is 4. The van der Waals surface area contributed by atoms with Crippen molar-refractivity contribution in [2.75, 3.05) is 25.4 Å². The van der Waals surface area contributed by atoms with Crippen LogP contribution in [0.15, 0.2) is 21.7 Å². The zero-order valence-electron chi connectivity index (χ0n) is 18.4. The van der Waals surface area contributed by atoms with E-state index in [0.29, 0.717) is 55.7 Å². The number of nitrogens with zero attached hydrogens (tertiary/aromatic N) is 4. The van der Waals surface area contributed by atoms with Gasteiger partial charge in [-0.3, -0.25) is 19.4 Å². The van der Waals surface area contributed by atoms with Crippen molar-refractivity contribution in [3.63, 3.8) is 0 Å². The van der Waals surface area contributed by atoms with Crippen molar-refractivity contribution in [1.29, 1.82) is 0 Å². The number of nitrogen functional groups attached to an aromatic ring is 1. The van der Waals surface area contributed by atoms with Crippen molar-refractivity contribution in [2.45, 2.75) is 33.2 Å². The number of likely N-dealkylation sites (tertiary alicyclic amines) is 1. The molecule has 3 heterocycles. The van der Waals surface area contributed by atoms with Crippen LogP contribution in [0, 0.1) is 12.8 Å². The minimum absolute atomic E-state index is 0.103. The third kappa shape index (κ3) is 5.52. The zero-order chi connectivity index (χ0) is 24.3. The average molecular weight is 458 g/mol. The number of benzene rings is 1. The molecule has 12 nitrogen and oxygen atoms in total. The molecule has 176 valence electrons. The van der Waals surface area contributed by atoms with Crippen molar-refractivity contribution in [2.24, 2.45) is 5.92 Å². The number of anilines is 1. The number of rotatable bonds is 4. The van der Waals surface area contributed by atoms with Gasteiger partial charge in [0.25, 0.3) is 11.5 Å². The first kappa shape index (κ1) is 23.9. The Balaban J connectivity index is 0.000000709. The molecule has 1 fully saturated rings. The number of aryl methyl sites for hydroxylation is 1. The Labute approximate surface area is 188 Å². The molecule has 33 heavy (non-hydrogen) atoms. The van der Waals surface area contributed by atoms with Gasteiger partial charge in [0.15, 0.2) is 11.5 Å². The highest BCUT2D eigenvalue weighted by molar-refractivity contribution is 5.83. The lowest BCUT2D eigenvalue weighted by atomic mass is 9.97. The summed E-state index contributed by atoms with van der Waals surface area (Å²) in [6.07, 6.45) is 1.21. The minimum Gasteiger partial charge on any atom is -0.481 e. The molecule has 0 saturated carbocycles. The number of carbonyl (C=O) groups is 2. The SMILES string of the molecule is CC(=O)O.Cc1cc2nc3c(=O)[nH]c(=O)nc-3n(CCN3CCC(C(=O)O)CC3)c2cc1N. The Hall–Kier alpha value is -3.80. The summed E-state index contributed by atoms with van der Waals surface area (Å²) in [5, 5.41) is 16.6. The molecule has 0 aromatic heterocycles. The highest BCUT2D eigenvalue weighted by Crippen LogP contribution is 2.25. The zero-order valence-corrected chi connectivity index (χ0v) is 18.4. The van der Waals surface area contributed by atoms with Crippen LogP contribution in [0.5, 0.6) is 0 Å². The first-order valence-corrected chi connectivity index (χ1v) is 10.4. The number of aliphatic carboxylic acids is 2. The molecular weight excluding hydrogens is 432 g/mol. The van der Waals surface area contributed by atoms with Crippen LogP contribution in [-0.4, -0.2) is 66.2 Å². The Morgan fingerprint density at radius 2 is 1.79 bits per heavy atom. The smallest absolute Gasteiger partial charge is 0.349 e. The molecule has 0 amide bonds. The van der Waals surface area contributed by atoms with E-state index in [0.717, 1.165) is 12.5 Å². The lowest BCUT2D eigenvalue weighted by Crippen LogP contribution is -2.38. The van der Waals surface area contributed by atoms with Crippen LogP contribution in [0.3, 0.4) is 0 Å². The van der Waals surface area contributed by atoms with Gasteiger partial charge in [-0.15, -0.1) is 0 Å². The number of hydrogen-bond acceptors (Lipinski definition) is 8. The van der Waals surface area contributed by atoms with Gasteiger partial charge in [0.1, 0.15) is 0 Å². The van der Waals surface area contributed by atoms with E-state index in [-0.39, 0.29) is 17.4 Å². The van der Waals surface area contributed by atoms with Gasteiger partial charge in [-0.2, -0.15) is 4.98 Å². The lowest BCUT2D eigenvalue weighted by Gasteiger charge is -2.30. The van der Waals surface area contributed by atoms with Crippen LogP contribution in [0.25, 0.3) is 22.6 Å². The molecule has 12 heteroatoms. The average Bonchev–Trinajstić information content (AvgIpc) is 2.73. The molecule has 0 atom stereocenters.